The number of hydrogen-bond acceptors (Lipinski definition) is 2. The summed E-state index contributed by atoms with van der Waals surface area (Å²) in [4.78, 5) is 2.86. The van der Waals surface area contributed by atoms with Crippen LogP contribution >= 0.6 is 12.2 Å². The van der Waals surface area contributed by atoms with Crippen molar-refractivity contribution in [3.63, 3.8) is 0 Å². The van der Waals surface area contributed by atoms with Gasteiger partial charge in [0.05, 0.1) is 0 Å². The first kappa shape index (κ1) is 25.5. The number of hydrogen-bond donors (Lipinski definition) is 3. The van der Waals surface area contributed by atoms with E-state index in [0.717, 1.165) is 17.2 Å². The largest absolute Gasteiger partial charge is 0.457 e. The van der Waals surface area contributed by atoms with Crippen molar-refractivity contribution in [2.24, 2.45) is 0 Å². The van der Waals surface area contributed by atoms with Gasteiger partial charge in [0.1, 0.15) is 11.5 Å². The van der Waals surface area contributed by atoms with Crippen LogP contribution < -0.4 is 15.4 Å². The molecule has 0 saturated heterocycles. The summed E-state index contributed by atoms with van der Waals surface area (Å²) in [6, 6.07) is 18.0. The van der Waals surface area contributed by atoms with Crippen LogP contribution in [0.2, 0.25) is 0 Å². The van der Waals surface area contributed by atoms with E-state index in [0.29, 0.717) is 16.9 Å². The lowest BCUT2D eigenvalue weighted by molar-refractivity contribution is 0.480. The summed E-state index contributed by atoms with van der Waals surface area (Å²) >= 11 is 5.56. The molecule has 32 heavy (non-hydrogen) atoms. The van der Waals surface area contributed by atoms with Crippen LogP contribution in [0.15, 0.2) is 67.0 Å². The van der Waals surface area contributed by atoms with Gasteiger partial charge in [-0.3, -0.25) is 0 Å². The monoisotopic (exact) mass is 451 g/mol. The van der Waals surface area contributed by atoms with Crippen LogP contribution in [0, 0.1) is 0 Å². The van der Waals surface area contributed by atoms with Crippen molar-refractivity contribution in [1.29, 1.82) is 0 Å². The van der Waals surface area contributed by atoms with Crippen LogP contribution in [0.3, 0.4) is 0 Å². The van der Waals surface area contributed by atoms with Gasteiger partial charge in [-0.1, -0.05) is 45.9 Å². The molecule has 172 valence electrons. The van der Waals surface area contributed by atoms with E-state index in [9.17, 15) is 0 Å². The fraction of sp³-hybridized carbons (Fsp3) is 0.370. The molecule has 1 aromatic heterocycles. The molecule has 0 radical (unpaired) electrons. The third-order valence-corrected chi connectivity index (χ3v) is 4.82. The average Bonchev–Trinajstić information content (AvgIpc) is 3.28. The molecule has 1 heterocycles. The van der Waals surface area contributed by atoms with Crippen LogP contribution in [0.4, 0.5) is 5.69 Å². The van der Waals surface area contributed by atoms with Gasteiger partial charge in [0.15, 0.2) is 5.11 Å². The minimum Gasteiger partial charge on any atom is -0.457 e. The predicted molar refractivity (Wildman–Crippen MR) is 141 cm³/mol. The molecule has 5 heteroatoms. The van der Waals surface area contributed by atoms with Crippen molar-refractivity contribution >= 4 is 23.0 Å². The van der Waals surface area contributed by atoms with Gasteiger partial charge in [-0.2, -0.15) is 0 Å². The highest BCUT2D eigenvalue weighted by Crippen LogP contribution is 2.37. The lowest BCUT2D eigenvalue weighted by atomic mass is 9.92. The Morgan fingerprint density at radius 3 is 1.78 bits per heavy atom. The molecular weight excluding hydrogens is 414 g/mol. The number of nitrogens with one attached hydrogen (secondary N) is 3. The van der Waals surface area contributed by atoms with Gasteiger partial charge < -0.3 is 20.4 Å². The number of para-hydroxylation sites is 1. The molecule has 4 nitrogen and oxygen atoms in total. The molecule has 0 aliphatic carbocycles. The van der Waals surface area contributed by atoms with Crippen molar-refractivity contribution in [2.45, 2.75) is 65.8 Å². The first-order valence-corrected chi connectivity index (χ1v) is 11.6. The van der Waals surface area contributed by atoms with Gasteiger partial charge in [0.2, 0.25) is 0 Å². The third kappa shape index (κ3) is 8.39. The van der Waals surface area contributed by atoms with Crippen molar-refractivity contribution in [2.75, 3.05) is 5.32 Å². The molecule has 0 fully saturated rings. The summed E-state index contributed by atoms with van der Waals surface area (Å²) < 4.78 is 6.12. The molecule has 0 spiro atoms. The quantitative estimate of drug-likeness (QED) is 0.346. The zero-order valence-electron chi connectivity index (χ0n) is 20.3. The molecule has 0 saturated carbocycles. The van der Waals surface area contributed by atoms with E-state index in [1.54, 1.807) is 0 Å². The van der Waals surface area contributed by atoms with Crippen LogP contribution in [0.1, 0.15) is 71.4 Å². The summed E-state index contributed by atoms with van der Waals surface area (Å²) in [5.41, 5.74) is 3.40. The maximum Gasteiger partial charge on any atom is 0.171 e. The van der Waals surface area contributed by atoms with Crippen molar-refractivity contribution in [1.82, 2.24) is 10.3 Å². The van der Waals surface area contributed by atoms with E-state index < -0.39 is 0 Å². The number of benzene rings is 2. The Labute approximate surface area is 198 Å². The number of H-pyrrole nitrogens is 1. The highest BCUT2D eigenvalue weighted by molar-refractivity contribution is 7.80. The van der Waals surface area contributed by atoms with E-state index in [4.69, 9.17) is 17.0 Å². The molecule has 2 aromatic carbocycles. The highest BCUT2D eigenvalue weighted by atomic mass is 32.1. The molecule has 0 aliphatic rings. The van der Waals surface area contributed by atoms with Gasteiger partial charge in [-0.15, -0.1) is 0 Å². The Morgan fingerprint density at radius 2 is 1.38 bits per heavy atom. The highest BCUT2D eigenvalue weighted by Gasteiger charge is 2.19. The summed E-state index contributed by atoms with van der Waals surface area (Å²) in [6.45, 7) is 15.1. The van der Waals surface area contributed by atoms with Gasteiger partial charge in [0.25, 0.3) is 0 Å². The van der Waals surface area contributed by atoms with Crippen molar-refractivity contribution in [3.8, 4) is 11.5 Å². The number of aromatic amines is 1. The first-order valence-electron chi connectivity index (χ1n) is 11.1. The second-order valence-corrected chi connectivity index (χ2v) is 9.82. The lowest BCUT2D eigenvalue weighted by Crippen LogP contribution is -2.43. The molecule has 3 aromatic rings. The Hall–Kier alpha value is -2.79. The van der Waals surface area contributed by atoms with Gasteiger partial charge in [-0.25, -0.2) is 0 Å². The van der Waals surface area contributed by atoms with Crippen LogP contribution in [0.25, 0.3) is 0 Å². The fourth-order valence-electron chi connectivity index (χ4n) is 3.16. The molecule has 0 bridgehead atoms. The summed E-state index contributed by atoms with van der Waals surface area (Å²) in [7, 11) is 0. The second-order valence-electron chi connectivity index (χ2n) is 9.42. The summed E-state index contributed by atoms with van der Waals surface area (Å²) in [6.07, 6.45) is 3.75. The van der Waals surface area contributed by atoms with Crippen molar-refractivity contribution in [3.05, 3.63) is 78.1 Å². The zero-order chi connectivity index (χ0) is 23.7. The second kappa shape index (κ2) is 11.7. The van der Waals surface area contributed by atoms with E-state index in [2.05, 4.69) is 76.2 Å². The maximum atomic E-state index is 6.12. The topological polar surface area (TPSA) is 49.1 Å². The minimum atomic E-state index is -0.0869. The SMILES string of the molecule is CC(C)c1cc(Oc2ccccc2)cc(C(C)C)c1NC(=S)NC(C)(C)C.c1cc[nH]c1. The standard InChI is InChI=1S/C23H32N2OS.C4H5N/c1-15(2)19-13-18(26-17-11-9-8-10-12-17)14-20(16(3)4)21(19)24-22(27)25-23(5,6)7;1-2-4-5-3-1/h8-16H,1-7H3,(H2,24,25,27);1-5H. The normalized spacial score (nSPS) is 11.0. The predicted octanol–water partition coefficient (Wildman–Crippen LogP) is 7.83. The Morgan fingerprint density at radius 1 is 0.844 bits per heavy atom. The number of anilines is 1. The molecule has 0 atom stereocenters. The number of thiocarbonyl (C=S) groups is 1. The van der Waals surface area contributed by atoms with E-state index >= 15 is 0 Å². The average molecular weight is 452 g/mol. The smallest absolute Gasteiger partial charge is 0.171 e. The molecule has 3 N–H and O–H groups in total. The zero-order valence-corrected chi connectivity index (χ0v) is 21.1. The van der Waals surface area contributed by atoms with Gasteiger partial charge >= 0.3 is 0 Å². The lowest BCUT2D eigenvalue weighted by Gasteiger charge is -2.27. The molecule has 0 amide bonds. The molecule has 0 unspecified atom stereocenters. The molecular formula is C27H37N3OS. The maximum absolute atomic E-state index is 6.12. The summed E-state index contributed by atoms with van der Waals surface area (Å²) in [5, 5.41) is 7.44. The number of rotatable bonds is 5. The number of ether oxygens (including phenoxy) is 1. The van der Waals surface area contributed by atoms with Crippen LogP contribution in [-0.2, 0) is 0 Å². The van der Waals surface area contributed by atoms with Gasteiger partial charge in [0, 0.05) is 23.6 Å². The van der Waals surface area contributed by atoms with Gasteiger partial charge in [-0.05, 0) is 92.4 Å². The summed E-state index contributed by atoms with van der Waals surface area (Å²) in [5.74, 6) is 2.37. The number of aromatic nitrogens is 1. The van der Waals surface area contributed by atoms with Crippen molar-refractivity contribution < 1.29 is 4.74 Å². The van der Waals surface area contributed by atoms with E-state index in [1.807, 2.05) is 54.9 Å². The Balaban J connectivity index is 0.000000636. The van der Waals surface area contributed by atoms with Crippen LogP contribution in [0.5, 0.6) is 11.5 Å². The van der Waals surface area contributed by atoms with Crippen LogP contribution in [-0.4, -0.2) is 15.6 Å². The Kier molecular flexibility index (Phi) is 9.33. The molecule has 0 aliphatic heterocycles. The van der Waals surface area contributed by atoms with E-state index in [1.165, 1.54) is 11.1 Å². The fourth-order valence-corrected chi connectivity index (χ4v) is 3.57. The minimum absolute atomic E-state index is 0.0869. The first-order chi connectivity index (χ1) is 15.1. The molecule has 3 rings (SSSR count). The van der Waals surface area contributed by atoms with E-state index in [-0.39, 0.29) is 5.54 Å². The Bertz CT molecular complexity index is 912. The third-order valence-electron chi connectivity index (χ3n) is 4.62.